The summed E-state index contributed by atoms with van der Waals surface area (Å²) in [5.41, 5.74) is 2.30. The number of halogens is 1. The van der Waals surface area contributed by atoms with E-state index in [1.165, 1.54) is 0 Å². The van der Waals surface area contributed by atoms with Crippen molar-refractivity contribution in [2.75, 3.05) is 19.6 Å². The van der Waals surface area contributed by atoms with E-state index in [-0.39, 0.29) is 11.9 Å². The zero-order valence-electron chi connectivity index (χ0n) is 13.2. The minimum atomic E-state index is -0.0457. The number of carbonyl (C=O) groups is 1. The maximum atomic E-state index is 13.0. The van der Waals surface area contributed by atoms with Gasteiger partial charge < -0.3 is 10.2 Å². The molecule has 1 unspecified atom stereocenters. The summed E-state index contributed by atoms with van der Waals surface area (Å²) in [6.07, 6.45) is 1.62. The van der Waals surface area contributed by atoms with Crippen molar-refractivity contribution >= 4 is 17.5 Å². The van der Waals surface area contributed by atoms with Gasteiger partial charge in [0.25, 0.3) is 5.91 Å². The van der Waals surface area contributed by atoms with Gasteiger partial charge in [-0.3, -0.25) is 4.79 Å². The van der Waals surface area contributed by atoms with E-state index in [9.17, 15) is 4.79 Å². The Balaban J connectivity index is 1.93. The second-order valence-corrected chi connectivity index (χ2v) is 6.13. The van der Waals surface area contributed by atoms with Crippen molar-refractivity contribution in [2.24, 2.45) is 0 Å². The number of piperazine rings is 1. The lowest BCUT2D eigenvalue weighted by Gasteiger charge is -2.36. The highest BCUT2D eigenvalue weighted by Crippen LogP contribution is 2.26. The van der Waals surface area contributed by atoms with Crippen LogP contribution in [0.2, 0.25) is 5.02 Å². The molecule has 1 aromatic heterocycles. The first-order valence-electron chi connectivity index (χ1n) is 7.63. The number of hydrogen-bond acceptors (Lipinski definition) is 4. The molecule has 1 fully saturated rings. The molecule has 1 saturated heterocycles. The maximum absolute atomic E-state index is 13.0. The van der Waals surface area contributed by atoms with Gasteiger partial charge in [0.2, 0.25) is 0 Å². The molecule has 120 valence electrons. The fourth-order valence-corrected chi connectivity index (χ4v) is 3.11. The third kappa shape index (κ3) is 3.35. The zero-order valence-corrected chi connectivity index (χ0v) is 14.0. The van der Waals surface area contributed by atoms with Crippen LogP contribution in [0.5, 0.6) is 0 Å². The summed E-state index contributed by atoms with van der Waals surface area (Å²) in [7, 11) is 0. The molecule has 0 radical (unpaired) electrons. The Morgan fingerprint density at radius 1 is 1.39 bits per heavy atom. The van der Waals surface area contributed by atoms with Crippen LogP contribution in [0, 0.1) is 13.8 Å². The molecule has 2 heterocycles. The summed E-state index contributed by atoms with van der Waals surface area (Å²) in [6.45, 7) is 5.79. The third-order valence-electron chi connectivity index (χ3n) is 4.07. The summed E-state index contributed by atoms with van der Waals surface area (Å²) in [5.74, 6) is 0.639. The average molecular weight is 331 g/mol. The van der Waals surface area contributed by atoms with Crippen molar-refractivity contribution in [3.05, 3.63) is 58.1 Å². The minimum absolute atomic E-state index is 0.0334. The van der Waals surface area contributed by atoms with E-state index >= 15 is 0 Å². The van der Waals surface area contributed by atoms with Gasteiger partial charge in [0.15, 0.2) is 0 Å². The maximum Gasteiger partial charge on any atom is 0.257 e. The van der Waals surface area contributed by atoms with Crippen LogP contribution < -0.4 is 5.32 Å². The van der Waals surface area contributed by atoms with E-state index in [2.05, 4.69) is 15.3 Å². The third-order valence-corrected chi connectivity index (χ3v) is 4.30. The first-order chi connectivity index (χ1) is 11.1. The molecule has 2 aromatic rings. The second kappa shape index (κ2) is 6.64. The van der Waals surface area contributed by atoms with Crippen LogP contribution in [-0.4, -0.2) is 40.4 Å². The first kappa shape index (κ1) is 15.9. The summed E-state index contributed by atoms with van der Waals surface area (Å²) < 4.78 is 0. The van der Waals surface area contributed by atoms with Crippen molar-refractivity contribution < 1.29 is 4.79 Å². The summed E-state index contributed by atoms with van der Waals surface area (Å²) >= 11 is 6.11. The van der Waals surface area contributed by atoms with Crippen LogP contribution in [0.25, 0.3) is 0 Å². The number of amides is 1. The van der Waals surface area contributed by atoms with Gasteiger partial charge in [-0.1, -0.05) is 23.7 Å². The SMILES string of the molecule is Cc1ncc(C(=O)N2CCNCC2c2cccc(Cl)c2)c(C)n1. The van der Waals surface area contributed by atoms with Gasteiger partial charge in [0.1, 0.15) is 5.82 Å². The van der Waals surface area contributed by atoms with Crippen LogP contribution in [0.3, 0.4) is 0 Å². The normalized spacial score (nSPS) is 18.0. The highest BCUT2D eigenvalue weighted by molar-refractivity contribution is 6.30. The van der Waals surface area contributed by atoms with E-state index in [0.29, 0.717) is 35.2 Å². The lowest BCUT2D eigenvalue weighted by Crippen LogP contribution is -2.48. The predicted molar refractivity (Wildman–Crippen MR) is 89.6 cm³/mol. The summed E-state index contributed by atoms with van der Waals surface area (Å²) in [4.78, 5) is 23.3. The van der Waals surface area contributed by atoms with E-state index in [1.54, 1.807) is 6.20 Å². The molecule has 1 amide bonds. The van der Waals surface area contributed by atoms with Gasteiger partial charge in [0.05, 0.1) is 17.3 Å². The molecule has 3 rings (SSSR count). The Morgan fingerprint density at radius 2 is 2.22 bits per heavy atom. The number of hydrogen-bond donors (Lipinski definition) is 1. The molecule has 6 heteroatoms. The Bertz CT molecular complexity index is 734. The van der Waals surface area contributed by atoms with Crippen LogP contribution >= 0.6 is 11.6 Å². The predicted octanol–water partition coefficient (Wildman–Crippen LogP) is 2.53. The van der Waals surface area contributed by atoms with Crippen LogP contribution in [-0.2, 0) is 0 Å². The topological polar surface area (TPSA) is 58.1 Å². The van der Waals surface area contributed by atoms with Gasteiger partial charge in [-0.15, -0.1) is 0 Å². The Morgan fingerprint density at radius 3 is 2.96 bits per heavy atom. The smallest absolute Gasteiger partial charge is 0.257 e. The molecule has 0 spiro atoms. The van der Waals surface area contributed by atoms with E-state index < -0.39 is 0 Å². The molecule has 1 aromatic carbocycles. The monoisotopic (exact) mass is 330 g/mol. The molecule has 0 bridgehead atoms. The van der Waals surface area contributed by atoms with Crippen molar-refractivity contribution in [1.29, 1.82) is 0 Å². The lowest BCUT2D eigenvalue weighted by molar-refractivity contribution is 0.0632. The largest absolute Gasteiger partial charge is 0.329 e. The molecule has 1 aliphatic rings. The quantitative estimate of drug-likeness (QED) is 0.919. The molecule has 5 nitrogen and oxygen atoms in total. The molecular weight excluding hydrogens is 312 g/mol. The van der Waals surface area contributed by atoms with Crippen molar-refractivity contribution in [2.45, 2.75) is 19.9 Å². The second-order valence-electron chi connectivity index (χ2n) is 5.69. The number of nitrogens with one attached hydrogen (secondary N) is 1. The van der Waals surface area contributed by atoms with Gasteiger partial charge in [-0.2, -0.15) is 0 Å². The van der Waals surface area contributed by atoms with Gasteiger partial charge in [0, 0.05) is 30.9 Å². The average Bonchev–Trinajstić information content (AvgIpc) is 2.54. The number of nitrogens with zero attached hydrogens (tertiary/aromatic N) is 3. The van der Waals surface area contributed by atoms with E-state index in [1.807, 2.05) is 43.0 Å². The number of rotatable bonds is 2. The van der Waals surface area contributed by atoms with Gasteiger partial charge in [-0.25, -0.2) is 9.97 Å². The molecule has 1 aliphatic heterocycles. The Labute approximate surface area is 140 Å². The van der Waals surface area contributed by atoms with Gasteiger partial charge >= 0.3 is 0 Å². The summed E-state index contributed by atoms with van der Waals surface area (Å²) in [6, 6.07) is 7.62. The highest BCUT2D eigenvalue weighted by atomic mass is 35.5. The minimum Gasteiger partial charge on any atom is -0.329 e. The molecular formula is C17H19ClN4O. The number of benzene rings is 1. The number of aryl methyl sites for hydroxylation is 2. The number of carbonyl (C=O) groups excluding carboxylic acids is 1. The Kier molecular flexibility index (Phi) is 4.59. The lowest BCUT2D eigenvalue weighted by atomic mass is 10.0. The van der Waals surface area contributed by atoms with Crippen LogP contribution in [0.4, 0.5) is 0 Å². The van der Waals surface area contributed by atoms with Crippen molar-refractivity contribution in [3.63, 3.8) is 0 Å². The molecule has 1 N–H and O–H groups in total. The highest BCUT2D eigenvalue weighted by Gasteiger charge is 2.29. The fourth-order valence-electron chi connectivity index (χ4n) is 2.91. The van der Waals surface area contributed by atoms with Crippen LogP contribution in [0.15, 0.2) is 30.5 Å². The van der Waals surface area contributed by atoms with Crippen molar-refractivity contribution in [1.82, 2.24) is 20.2 Å². The van der Waals surface area contributed by atoms with E-state index in [0.717, 1.165) is 12.1 Å². The summed E-state index contributed by atoms with van der Waals surface area (Å²) in [5, 5.41) is 4.02. The molecule has 0 saturated carbocycles. The molecule has 23 heavy (non-hydrogen) atoms. The van der Waals surface area contributed by atoms with Gasteiger partial charge in [-0.05, 0) is 31.5 Å². The first-order valence-corrected chi connectivity index (χ1v) is 8.01. The molecule has 0 aliphatic carbocycles. The number of aromatic nitrogens is 2. The molecule has 1 atom stereocenters. The zero-order chi connectivity index (χ0) is 16.4. The Hall–Kier alpha value is -1.98. The fraction of sp³-hybridized carbons (Fsp3) is 0.353. The standard InChI is InChI=1S/C17H19ClN4O/c1-11-15(9-20-12(2)21-11)17(23)22-7-6-19-10-16(22)13-4-3-5-14(18)8-13/h3-5,8-9,16,19H,6-7,10H2,1-2H3. The van der Waals surface area contributed by atoms with E-state index in [4.69, 9.17) is 11.6 Å². The van der Waals surface area contributed by atoms with Crippen molar-refractivity contribution in [3.8, 4) is 0 Å². The van der Waals surface area contributed by atoms with Crippen LogP contribution in [0.1, 0.15) is 33.5 Å².